The molecule has 2 aromatic carbocycles. The first-order chi connectivity index (χ1) is 28.9. The summed E-state index contributed by atoms with van der Waals surface area (Å²) in [5, 5.41) is 18.4. The highest BCUT2D eigenvalue weighted by molar-refractivity contribution is 7.19. The molecule has 2 aliphatic heterocycles. The Bertz CT molecular complexity index is 2830. The van der Waals surface area contributed by atoms with E-state index < -0.39 is 5.97 Å². The van der Waals surface area contributed by atoms with Crippen molar-refractivity contribution in [2.45, 2.75) is 64.5 Å². The van der Waals surface area contributed by atoms with Crippen molar-refractivity contribution >= 4 is 90.3 Å². The lowest BCUT2D eigenvalue weighted by atomic mass is 9.83. The van der Waals surface area contributed by atoms with Gasteiger partial charge in [-0.2, -0.15) is 0 Å². The molecule has 3 N–H and O–H groups in total. The van der Waals surface area contributed by atoms with Gasteiger partial charge in [0.15, 0.2) is 0 Å². The molecule has 0 spiro atoms. The molecule has 4 aliphatic rings. The molecule has 0 radical (unpaired) electrons. The first-order valence-electron chi connectivity index (χ1n) is 19.9. The van der Waals surface area contributed by atoms with Gasteiger partial charge in [-0.05, 0) is 114 Å². The average molecular weight is 818 g/mol. The molecule has 0 bridgehead atoms. The second-order valence-electron chi connectivity index (χ2n) is 15.4. The molecule has 7 aromatic rings. The number of hydrogen-bond donors (Lipinski definition) is 3. The van der Waals surface area contributed by atoms with Gasteiger partial charge in [-0.25, -0.2) is 19.9 Å². The zero-order valence-corrected chi connectivity index (χ0v) is 33.7. The number of Topliss-reactive ketones (excluding diaryl/α,β-unsaturated/α-hetero) is 1. The molecular weight excluding hydrogens is 779 g/mol. The van der Waals surface area contributed by atoms with E-state index in [1.54, 1.807) is 41.5 Å². The summed E-state index contributed by atoms with van der Waals surface area (Å²) in [7, 11) is 0. The molecule has 2 unspecified atom stereocenters. The van der Waals surface area contributed by atoms with E-state index in [0.29, 0.717) is 25.0 Å². The van der Waals surface area contributed by atoms with Gasteiger partial charge in [-0.15, -0.1) is 22.7 Å². The molecule has 59 heavy (non-hydrogen) atoms. The lowest BCUT2D eigenvalue weighted by molar-refractivity contribution is -0.142. The van der Waals surface area contributed by atoms with Gasteiger partial charge < -0.3 is 15.7 Å². The first-order valence-corrected chi connectivity index (χ1v) is 21.5. The van der Waals surface area contributed by atoms with Gasteiger partial charge in [0.1, 0.15) is 39.7 Å². The minimum Gasteiger partial charge on any atom is -0.481 e. The van der Waals surface area contributed by atoms with Crippen LogP contribution >= 0.6 is 22.7 Å². The second kappa shape index (κ2) is 15.8. The van der Waals surface area contributed by atoms with Crippen molar-refractivity contribution < 1.29 is 14.7 Å². The maximum atomic E-state index is 12.9. The minimum atomic E-state index is -0.711. The summed E-state index contributed by atoms with van der Waals surface area (Å²) in [4.78, 5) is 59.4. The third kappa shape index (κ3) is 7.49. The van der Waals surface area contributed by atoms with Gasteiger partial charge >= 0.3 is 5.97 Å². The third-order valence-electron chi connectivity index (χ3n) is 11.7. The van der Waals surface area contributed by atoms with Crippen LogP contribution in [0.15, 0.2) is 83.6 Å². The van der Waals surface area contributed by atoms with Crippen LogP contribution in [-0.2, 0) is 54.8 Å². The van der Waals surface area contributed by atoms with E-state index in [9.17, 15) is 14.7 Å². The van der Waals surface area contributed by atoms with Crippen LogP contribution in [0.1, 0.15) is 68.0 Å². The van der Waals surface area contributed by atoms with Crippen LogP contribution in [0.4, 0.5) is 23.0 Å². The van der Waals surface area contributed by atoms with Crippen LogP contribution in [0.25, 0.3) is 20.4 Å². The van der Waals surface area contributed by atoms with Crippen LogP contribution in [0.2, 0.25) is 0 Å². The number of nitrogens with one attached hydrogen (secondary N) is 2. The Morgan fingerprint density at radius 1 is 0.729 bits per heavy atom. The first kappa shape index (κ1) is 37.0. The zero-order chi connectivity index (χ0) is 39.9. The van der Waals surface area contributed by atoms with Gasteiger partial charge in [0.05, 0.1) is 29.8 Å². The van der Waals surface area contributed by atoms with E-state index in [0.717, 1.165) is 110 Å². The van der Waals surface area contributed by atoms with E-state index in [1.807, 2.05) is 36.8 Å². The van der Waals surface area contributed by atoms with Crippen LogP contribution in [0.3, 0.4) is 0 Å². The molecule has 294 valence electrons. The van der Waals surface area contributed by atoms with Gasteiger partial charge in [0.25, 0.3) is 0 Å². The Morgan fingerprint density at radius 2 is 1.31 bits per heavy atom. The molecular formula is C45H39N9O3S2. The predicted molar refractivity (Wildman–Crippen MR) is 233 cm³/mol. The number of anilines is 4. The lowest BCUT2D eigenvalue weighted by Gasteiger charge is -2.21. The molecule has 0 fully saturated rings. The summed E-state index contributed by atoms with van der Waals surface area (Å²) >= 11 is 3.30. The van der Waals surface area contributed by atoms with Crippen molar-refractivity contribution in [1.82, 2.24) is 24.9 Å². The standard InChI is InChI=1S/C26H23N5OS.C19H16N4O2S/c32-22(8-3-16-2-1-9-27-12-16)17-5-7-21-23(11-17)33-26-24(21)25(29-15-30-26)31-20-6-4-18-13-28-14-19(18)10-20;24-19(25)10-2-4-14-15(6-10)26-18-16(14)17(21-9-22-18)23-13-3-1-11-7-20-8-12(11)5-13/h1-2,4,6,9-10,12,14-15,17H,3,5,7-8,11,13H2,(H,29,30,31);1,3,5,8-10H,2,4,6-7H2,(H,24,25)(H,21,22,23). The van der Waals surface area contributed by atoms with Gasteiger partial charge in [0, 0.05) is 58.3 Å². The molecule has 0 amide bonds. The number of aromatic nitrogens is 5. The molecule has 11 rings (SSSR count). The highest BCUT2D eigenvalue weighted by atomic mass is 32.1. The number of thiophene rings is 2. The van der Waals surface area contributed by atoms with E-state index in [-0.39, 0.29) is 11.8 Å². The molecule has 2 aliphatic carbocycles. The van der Waals surface area contributed by atoms with Gasteiger partial charge in [0.2, 0.25) is 0 Å². The predicted octanol–water partition coefficient (Wildman–Crippen LogP) is 8.63. The average Bonchev–Trinajstić information content (AvgIpc) is 4.07. The number of aryl methyl sites for hydroxylation is 3. The SMILES string of the molecule is O=C(CCc1cccnc1)C1CCc2c(sc3ncnc(Nc4ccc5c(c4)C=NC5)c23)C1.O=C(O)C1CCc2c(sc3ncnc(Nc4ccc5c(c4)C=NC5)c23)C1. The number of ketones is 1. The van der Waals surface area contributed by atoms with Crippen molar-refractivity contribution in [3.8, 4) is 0 Å². The highest BCUT2D eigenvalue weighted by Gasteiger charge is 2.30. The van der Waals surface area contributed by atoms with Crippen molar-refractivity contribution in [3.63, 3.8) is 0 Å². The summed E-state index contributed by atoms with van der Waals surface area (Å²) < 4.78 is 0. The zero-order valence-electron chi connectivity index (χ0n) is 32.0. The fraction of sp³-hybridized carbons (Fsp3) is 0.267. The maximum absolute atomic E-state index is 12.9. The number of pyridine rings is 1. The van der Waals surface area contributed by atoms with Crippen LogP contribution < -0.4 is 10.6 Å². The number of fused-ring (bicyclic) bond motifs is 8. The van der Waals surface area contributed by atoms with Gasteiger partial charge in [-0.3, -0.25) is 24.6 Å². The number of hydrogen-bond acceptors (Lipinski definition) is 13. The van der Waals surface area contributed by atoms with Crippen molar-refractivity contribution in [2.24, 2.45) is 21.8 Å². The number of carbonyl (C=O) groups is 2. The van der Waals surface area contributed by atoms with Crippen molar-refractivity contribution in [2.75, 3.05) is 10.6 Å². The summed E-state index contributed by atoms with van der Waals surface area (Å²) in [6.45, 7) is 1.50. The van der Waals surface area contributed by atoms with E-state index >= 15 is 0 Å². The minimum absolute atomic E-state index is 0.0857. The fourth-order valence-electron chi connectivity index (χ4n) is 8.55. The molecule has 2 atom stereocenters. The molecule has 0 saturated heterocycles. The van der Waals surface area contributed by atoms with Crippen molar-refractivity contribution in [3.05, 3.63) is 122 Å². The third-order valence-corrected chi connectivity index (χ3v) is 14.0. The number of aliphatic carboxylic acids is 1. The quantitative estimate of drug-likeness (QED) is 0.128. The molecule has 0 saturated carbocycles. The number of rotatable bonds is 9. The Morgan fingerprint density at radius 3 is 1.86 bits per heavy atom. The summed E-state index contributed by atoms with van der Waals surface area (Å²) in [6, 6.07) is 16.5. The van der Waals surface area contributed by atoms with E-state index in [2.05, 4.69) is 75.9 Å². The van der Waals surface area contributed by atoms with Crippen LogP contribution in [0, 0.1) is 11.8 Å². The van der Waals surface area contributed by atoms with Crippen LogP contribution in [-0.4, -0.2) is 54.2 Å². The number of carbonyl (C=O) groups excluding carboxylic acids is 1. The molecule has 12 nitrogen and oxygen atoms in total. The Kier molecular flexibility index (Phi) is 9.94. The number of nitrogens with zero attached hydrogens (tertiary/aromatic N) is 7. The second-order valence-corrected chi connectivity index (χ2v) is 17.5. The van der Waals surface area contributed by atoms with Crippen LogP contribution in [0.5, 0.6) is 0 Å². The normalized spacial score (nSPS) is 17.2. The largest absolute Gasteiger partial charge is 0.481 e. The van der Waals surface area contributed by atoms with Gasteiger partial charge in [-0.1, -0.05) is 18.2 Å². The van der Waals surface area contributed by atoms with E-state index in [1.165, 1.54) is 27.1 Å². The monoisotopic (exact) mass is 817 g/mol. The Labute approximate surface area is 347 Å². The summed E-state index contributed by atoms with van der Waals surface area (Å²) in [5.74, 6) is 1.06. The number of carboxylic acid groups (broad SMARTS) is 1. The topological polar surface area (TPSA) is 168 Å². The maximum Gasteiger partial charge on any atom is 0.306 e. The lowest BCUT2D eigenvalue weighted by Crippen LogP contribution is -2.22. The number of carboxylic acids is 1. The molecule has 7 heterocycles. The number of benzene rings is 2. The molecule has 5 aromatic heterocycles. The molecule has 14 heteroatoms. The highest BCUT2D eigenvalue weighted by Crippen LogP contribution is 2.42. The van der Waals surface area contributed by atoms with Crippen molar-refractivity contribution in [1.29, 1.82) is 0 Å². The Hall–Kier alpha value is -6.25. The Balaban J connectivity index is 0.000000147. The number of aliphatic imine (C=N–C) groups is 2. The fourth-order valence-corrected chi connectivity index (χ4v) is 11.1. The smallest absolute Gasteiger partial charge is 0.306 e. The summed E-state index contributed by atoms with van der Waals surface area (Å²) in [6.07, 6.45) is 16.5. The summed E-state index contributed by atoms with van der Waals surface area (Å²) in [5.41, 5.74) is 10.4. The van der Waals surface area contributed by atoms with E-state index in [4.69, 9.17) is 0 Å².